The molecule has 108 valence electrons. The minimum absolute atomic E-state index is 0.515. The minimum Gasteiger partial charge on any atom is -0.313 e. The van der Waals surface area contributed by atoms with E-state index in [4.69, 9.17) is 0 Å². The highest BCUT2D eigenvalue weighted by Crippen LogP contribution is 2.21. The summed E-state index contributed by atoms with van der Waals surface area (Å²) in [4.78, 5) is 6.88. The van der Waals surface area contributed by atoms with E-state index < -0.39 is 0 Å². The average Bonchev–Trinajstić information content (AvgIpc) is 2.96. The number of nitrogens with zero attached hydrogens (tertiary/aromatic N) is 1. The van der Waals surface area contributed by atoms with Crippen molar-refractivity contribution >= 4 is 23.1 Å². The van der Waals surface area contributed by atoms with Crippen LogP contribution < -0.4 is 5.32 Å². The van der Waals surface area contributed by atoms with E-state index in [1.165, 1.54) is 21.8 Å². The number of aromatic nitrogens is 1. The number of rotatable bonds is 8. The number of aryl methyl sites for hydroxylation is 1. The van der Waals surface area contributed by atoms with Crippen LogP contribution in [0.5, 0.6) is 0 Å². The number of thiazole rings is 1. The molecule has 1 aromatic heterocycles. The molecule has 1 N–H and O–H groups in total. The van der Waals surface area contributed by atoms with Crippen LogP contribution in [0.2, 0.25) is 0 Å². The lowest BCUT2D eigenvalue weighted by Crippen LogP contribution is -2.33. The molecule has 0 amide bonds. The van der Waals surface area contributed by atoms with E-state index in [1.54, 1.807) is 11.3 Å². The summed E-state index contributed by atoms with van der Waals surface area (Å²) in [7, 11) is 0. The zero-order valence-electron chi connectivity index (χ0n) is 12.1. The van der Waals surface area contributed by atoms with E-state index in [1.807, 2.05) is 23.5 Å². The lowest BCUT2D eigenvalue weighted by molar-refractivity contribution is 0.553. The Morgan fingerprint density at radius 1 is 1.30 bits per heavy atom. The largest absolute Gasteiger partial charge is 0.313 e. The van der Waals surface area contributed by atoms with Crippen LogP contribution >= 0.6 is 23.1 Å². The molecular weight excluding hydrogens is 284 g/mol. The summed E-state index contributed by atoms with van der Waals surface area (Å²) in [5, 5.41) is 3.65. The van der Waals surface area contributed by atoms with Crippen molar-refractivity contribution < 1.29 is 0 Å². The Kier molecular flexibility index (Phi) is 6.57. The van der Waals surface area contributed by atoms with Gasteiger partial charge in [-0.05, 0) is 38.4 Å². The molecule has 0 radical (unpaired) electrons. The Bertz CT molecular complexity index is 480. The van der Waals surface area contributed by atoms with E-state index in [-0.39, 0.29) is 0 Å². The molecule has 1 heterocycles. The van der Waals surface area contributed by atoms with E-state index in [0.717, 1.165) is 18.7 Å². The van der Waals surface area contributed by atoms with Crippen LogP contribution in [-0.4, -0.2) is 23.3 Å². The first-order valence-corrected chi connectivity index (χ1v) is 8.94. The third-order valence-corrected chi connectivity index (χ3v) is 5.06. The van der Waals surface area contributed by atoms with Gasteiger partial charge in [-0.2, -0.15) is 0 Å². The number of thioether (sulfide) groups is 1. The molecule has 0 fully saturated rings. The molecule has 0 saturated carbocycles. The van der Waals surface area contributed by atoms with Gasteiger partial charge in [-0.15, -0.1) is 23.1 Å². The standard InChI is InChI=1S/C16H22N2S2/c1-3-8-18-14(9-16-10-17-12-20-16)11-19-15-6-4-13(2)5-7-15/h4-7,10,12,14,18H,3,8-9,11H2,1-2H3. The second-order valence-electron chi connectivity index (χ2n) is 4.95. The zero-order chi connectivity index (χ0) is 14.2. The molecule has 1 atom stereocenters. The molecule has 0 aliphatic rings. The lowest BCUT2D eigenvalue weighted by Gasteiger charge is -2.17. The van der Waals surface area contributed by atoms with Gasteiger partial charge in [-0.3, -0.25) is 4.98 Å². The Labute approximate surface area is 130 Å². The van der Waals surface area contributed by atoms with Crippen molar-refractivity contribution in [3.63, 3.8) is 0 Å². The Hall–Kier alpha value is -0.840. The second-order valence-corrected chi connectivity index (χ2v) is 7.01. The molecule has 2 nitrogen and oxygen atoms in total. The molecule has 0 aliphatic heterocycles. The van der Waals surface area contributed by atoms with Crippen LogP contribution in [0.4, 0.5) is 0 Å². The number of hydrogen-bond acceptors (Lipinski definition) is 4. The Morgan fingerprint density at radius 3 is 2.75 bits per heavy atom. The minimum atomic E-state index is 0.515. The summed E-state index contributed by atoms with van der Waals surface area (Å²) in [5.74, 6) is 1.10. The van der Waals surface area contributed by atoms with E-state index in [2.05, 4.69) is 48.4 Å². The summed E-state index contributed by atoms with van der Waals surface area (Å²) >= 11 is 3.68. The van der Waals surface area contributed by atoms with Gasteiger partial charge >= 0.3 is 0 Å². The molecule has 0 spiro atoms. The molecule has 2 aromatic rings. The van der Waals surface area contributed by atoms with Crippen LogP contribution in [0, 0.1) is 6.92 Å². The van der Waals surface area contributed by atoms with Gasteiger partial charge in [0, 0.05) is 27.8 Å². The van der Waals surface area contributed by atoms with Crippen LogP contribution in [0.3, 0.4) is 0 Å². The predicted octanol–water partition coefficient (Wildman–Crippen LogP) is 4.15. The van der Waals surface area contributed by atoms with Gasteiger partial charge in [0.2, 0.25) is 0 Å². The van der Waals surface area contributed by atoms with Crippen molar-refractivity contribution in [2.45, 2.75) is 37.6 Å². The fourth-order valence-corrected chi connectivity index (χ4v) is 3.59. The summed E-state index contributed by atoms with van der Waals surface area (Å²) in [6.07, 6.45) is 4.24. The van der Waals surface area contributed by atoms with Gasteiger partial charge in [-0.1, -0.05) is 24.6 Å². The van der Waals surface area contributed by atoms with E-state index >= 15 is 0 Å². The molecule has 4 heteroatoms. The maximum absolute atomic E-state index is 4.17. The van der Waals surface area contributed by atoms with Crippen LogP contribution in [-0.2, 0) is 6.42 Å². The molecule has 1 aromatic carbocycles. The van der Waals surface area contributed by atoms with Crippen molar-refractivity contribution in [2.75, 3.05) is 12.3 Å². The summed E-state index contributed by atoms with van der Waals surface area (Å²) in [6, 6.07) is 9.30. The Morgan fingerprint density at radius 2 is 2.10 bits per heavy atom. The highest BCUT2D eigenvalue weighted by molar-refractivity contribution is 7.99. The van der Waals surface area contributed by atoms with Gasteiger partial charge in [-0.25, -0.2) is 0 Å². The molecule has 0 aliphatic carbocycles. The van der Waals surface area contributed by atoms with Crippen molar-refractivity contribution in [2.24, 2.45) is 0 Å². The van der Waals surface area contributed by atoms with Crippen molar-refractivity contribution in [3.05, 3.63) is 46.4 Å². The SMILES string of the molecule is CCCNC(CSc1ccc(C)cc1)Cc1cncs1. The fraction of sp³-hybridized carbons (Fsp3) is 0.438. The van der Waals surface area contributed by atoms with Gasteiger partial charge in [0.25, 0.3) is 0 Å². The molecule has 1 unspecified atom stereocenters. The normalized spacial score (nSPS) is 12.5. The summed E-state index contributed by atoms with van der Waals surface area (Å²) in [6.45, 7) is 5.42. The van der Waals surface area contributed by atoms with Crippen LogP contribution in [0.25, 0.3) is 0 Å². The maximum atomic E-state index is 4.17. The monoisotopic (exact) mass is 306 g/mol. The smallest absolute Gasteiger partial charge is 0.0794 e. The molecule has 20 heavy (non-hydrogen) atoms. The van der Waals surface area contributed by atoms with Gasteiger partial charge < -0.3 is 5.32 Å². The van der Waals surface area contributed by atoms with Crippen molar-refractivity contribution in [3.8, 4) is 0 Å². The third kappa shape index (κ3) is 5.27. The molecule has 2 rings (SSSR count). The molecular formula is C16H22N2S2. The van der Waals surface area contributed by atoms with Crippen LogP contribution in [0.1, 0.15) is 23.8 Å². The number of benzene rings is 1. The lowest BCUT2D eigenvalue weighted by atomic mass is 10.2. The number of nitrogens with one attached hydrogen (secondary N) is 1. The summed E-state index contributed by atoms with van der Waals surface area (Å²) < 4.78 is 0. The fourth-order valence-electron chi connectivity index (χ4n) is 1.96. The first-order valence-electron chi connectivity index (χ1n) is 7.08. The first kappa shape index (κ1) is 15.5. The van der Waals surface area contributed by atoms with Gasteiger partial charge in [0.1, 0.15) is 0 Å². The first-order chi connectivity index (χ1) is 9.78. The average molecular weight is 306 g/mol. The van der Waals surface area contributed by atoms with Crippen LogP contribution in [0.15, 0.2) is 40.9 Å². The second kappa shape index (κ2) is 8.45. The highest BCUT2D eigenvalue weighted by Gasteiger charge is 2.10. The Balaban J connectivity index is 1.87. The highest BCUT2D eigenvalue weighted by atomic mass is 32.2. The van der Waals surface area contributed by atoms with Crippen molar-refractivity contribution in [1.82, 2.24) is 10.3 Å². The van der Waals surface area contributed by atoms with Gasteiger partial charge in [0.15, 0.2) is 0 Å². The number of hydrogen-bond donors (Lipinski definition) is 1. The topological polar surface area (TPSA) is 24.9 Å². The predicted molar refractivity (Wildman–Crippen MR) is 89.8 cm³/mol. The quantitative estimate of drug-likeness (QED) is 0.742. The van der Waals surface area contributed by atoms with Gasteiger partial charge in [0.05, 0.1) is 5.51 Å². The van der Waals surface area contributed by atoms with E-state index in [0.29, 0.717) is 6.04 Å². The summed E-state index contributed by atoms with van der Waals surface area (Å²) in [5.41, 5.74) is 3.24. The molecule has 0 saturated heterocycles. The zero-order valence-corrected chi connectivity index (χ0v) is 13.8. The maximum Gasteiger partial charge on any atom is 0.0794 e. The van der Waals surface area contributed by atoms with Crippen molar-refractivity contribution in [1.29, 1.82) is 0 Å². The van der Waals surface area contributed by atoms with E-state index in [9.17, 15) is 0 Å². The molecule has 0 bridgehead atoms. The third-order valence-electron chi connectivity index (χ3n) is 3.09.